The lowest BCUT2D eigenvalue weighted by Crippen LogP contribution is -2.32. The van der Waals surface area contributed by atoms with Crippen LogP contribution in [0.25, 0.3) is 0 Å². The maximum atomic E-state index is 12.6. The third-order valence-electron chi connectivity index (χ3n) is 3.78. The Morgan fingerprint density at radius 1 is 1.04 bits per heavy atom. The van der Waals surface area contributed by atoms with Gasteiger partial charge in [0.05, 0.1) is 33.0 Å². The molecule has 7 heteroatoms. The number of thioether (sulfide) groups is 1. The van der Waals surface area contributed by atoms with Gasteiger partial charge in [-0.3, -0.25) is 4.79 Å². The van der Waals surface area contributed by atoms with Crippen molar-refractivity contribution >= 4 is 46.6 Å². The molecule has 1 amide bonds. The number of carbonyl (C=O) groups is 1. The fourth-order valence-corrected chi connectivity index (χ4v) is 4.47. The van der Waals surface area contributed by atoms with Gasteiger partial charge >= 0.3 is 0 Å². The molecule has 0 saturated carbocycles. The Balaban J connectivity index is 2.08. The van der Waals surface area contributed by atoms with Gasteiger partial charge in [-0.1, -0.05) is 35.3 Å². The molecule has 0 aliphatic carbocycles. The fraction of sp³-hybridized carbons (Fsp3) is 0.235. The highest BCUT2D eigenvalue weighted by Crippen LogP contribution is 2.49. The molecule has 0 aromatic heterocycles. The first kappa shape index (κ1) is 17.4. The smallest absolute Gasteiger partial charge is 0.255 e. The molecule has 2 unspecified atom stereocenters. The van der Waals surface area contributed by atoms with Gasteiger partial charge < -0.3 is 14.8 Å². The molecule has 3 rings (SSSR count). The summed E-state index contributed by atoms with van der Waals surface area (Å²) in [6.07, 6.45) is -0.678. The van der Waals surface area contributed by atoms with Crippen LogP contribution in [-0.2, 0) is 9.53 Å². The van der Waals surface area contributed by atoms with E-state index in [4.69, 9.17) is 32.7 Å². The number of carbonyl (C=O) groups excluding carboxylic acids is 1. The number of hydrogen-bond donors (Lipinski definition) is 1. The van der Waals surface area contributed by atoms with Crippen molar-refractivity contribution in [2.75, 3.05) is 19.5 Å². The first-order valence-electron chi connectivity index (χ1n) is 7.17. The fourth-order valence-electron chi connectivity index (χ4n) is 2.55. The average Bonchev–Trinajstić information content (AvgIpc) is 2.75. The predicted molar refractivity (Wildman–Crippen MR) is 97.5 cm³/mol. The lowest BCUT2D eigenvalue weighted by Gasteiger charge is -2.22. The summed E-state index contributed by atoms with van der Waals surface area (Å²) in [6, 6.07) is 10.9. The van der Waals surface area contributed by atoms with Crippen molar-refractivity contribution in [2.24, 2.45) is 0 Å². The molecule has 2 atom stereocenters. The van der Waals surface area contributed by atoms with E-state index in [2.05, 4.69) is 5.32 Å². The largest absolute Gasteiger partial charge is 0.497 e. The van der Waals surface area contributed by atoms with Gasteiger partial charge in [-0.2, -0.15) is 0 Å². The molecule has 1 heterocycles. The van der Waals surface area contributed by atoms with Crippen molar-refractivity contribution in [1.82, 2.24) is 0 Å². The van der Waals surface area contributed by atoms with Crippen LogP contribution in [0.4, 0.5) is 5.69 Å². The number of benzene rings is 2. The minimum atomic E-state index is -0.678. The monoisotopic (exact) mass is 383 g/mol. The number of nitrogens with one attached hydrogen (secondary N) is 1. The molecule has 2 aromatic carbocycles. The van der Waals surface area contributed by atoms with Gasteiger partial charge in [-0.15, -0.1) is 11.8 Å². The van der Waals surface area contributed by atoms with Crippen molar-refractivity contribution in [3.8, 4) is 5.75 Å². The lowest BCUT2D eigenvalue weighted by molar-refractivity contribution is -0.125. The summed E-state index contributed by atoms with van der Waals surface area (Å²) in [4.78, 5) is 13.3. The normalized spacial score (nSPS) is 20.1. The molecule has 0 saturated heterocycles. The first-order valence-corrected chi connectivity index (χ1v) is 8.81. The van der Waals surface area contributed by atoms with E-state index in [1.54, 1.807) is 19.2 Å². The van der Waals surface area contributed by atoms with Crippen LogP contribution in [-0.4, -0.2) is 26.2 Å². The molecule has 24 heavy (non-hydrogen) atoms. The molecule has 2 aromatic rings. The van der Waals surface area contributed by atoms with Gasteiger partial charge in [0.2, 0.25) is 0 Å². The maximum absolute atomic E-state index is 12.6. The van der Waals surface area contributed by atoms with Crippen LogP contribution in [0.15, 0.2) is 41.3 Å². The number of fused-ring (bicyclic) bond motifs is 1. The Morgan fingerprint density at radius 3 is 2.33 bits per heavy atom. The van der Waals surface area contributed by atoms with Gasteiger partial charge in [0, 0.05) is 7.11 Å². The van der Waals surface area contributed by atoms with Gasteiger partial charge in [-0.25, -0.2) is 0 Å². The van der Waals surface area contributed by atoms with Gasteiger partial charge in [0.15, 0.2) is 6.10 Å². The SMILES string of the molecule is COc1ccc(C2Sc3c(Cl)ccc(Cl)c3NC(=O)C2OC)cc1. The second-order valence-electron chi connectivity index (χ2n) is 5.19. The molecular formula is C17H15Cl2NO3S. The Hall–Kier alpha value is -1.40. The zero-order valence-electron chi connectivity index (χ0n) is 13.0. The second-order valence-corrected chi connectivity index (χ2v) is 7.16. The lowest BCUT2D eigenvalue weighted by atomic mass is 10.1. The standard InChI is InChI=1S/C17H15Cl2NO3S/c1-22-10-5-3-9(4-6-10)15-14(23-2)17(21)20-13-11(18)7-8-12(19)16(13)24-15/h3-8,14-15H,1-2H3,(H,20,21). The van der Waals surface area contributed by atoms with Crippen LogP contribution >= 0.6 is 35.0 Å². The van der Waals surface area contributed by atoms with E-state index in [1.165, 1.54) is 18.9 Å². The van der Waals surface area contributed by atoms with Crippen molar-refractivity contribution < 1.29 is 14.3 Å². The minimum absolute atomic E-state index is 0.256. The predicted octanol–water partition coefficient (Wildman–Crippen LogP) is 4.80. The number of ether oxygens (including phenoxy) is 2. The van der Waals surface area contributed by atoms with E-state index in [0.29, 0.717) is 15.7 Å². The summed E-state index contributed by atoms with van der Waals surface area (Å²) in [5, 5.41) is 3.55. The van der Waals surface area contributed by atoms with Crippen LogP contribution in [0.2, 0.25) is 10.0 Å². The van der Waals surface area contributed by atoms with Gasteiger partial charge in [-0.05, 0) is 29.8 Å². The summed E-state index contributed by atoms with van der Waals surface area (Å²) >= 11 is 14.0. The van der Waals surface area contributed by atoms with E-state index in [9.17, 15) is 4.79 Å². The quantitative estimate of drug-likeness (QED) is 0.826. The third-order valence-corrected chi connectivity index (χ3v) is 5.96. The zero-order chi connectivity index (χ0) is 17.3. The summed E-state index contributed by atoms with van der Waals surface area (Å²) in [5.74, 6) is 0.492. The molecule has 126 valence electrons. The van der Waals surface area contributed by atoms with Crippen molar-refractivity contribution in [3.05, 3.63) is 52.0 Å². The topological polar surface area (TPSA) is 47.6 Å². The van der Waals surface area contributed by atoms with Crippen molar-refractivity contribution in [3.63, 3.8) is 0 Å². The summed E-state index contributed by atoms with van der Waals surface area (Å²) < 4.78 is 10.7. The summed E-state index contributed by atoms with van der Waals surface area (Å²) in [6.45, 7) is 0. The number of anilines is 1. The molecule has 0 spiro atoms. The Morgan fingerprint density at radius 2 is 1.71 bits per heavy atom. The van der Waals surface area contributed by atoms with Crippen LogP contribution in [0.3, 0.4) is 0 Å². The summed E-state index contributed by atoms with van der Waals surface area (Å²) in [7, 11) is 3.12. The highest BCUT2D eigenvalue weighted by atomic mass is 35.5. The minimum Gasteiger partial charge on any atom is -0.497 e. The van der Waals surface area contributed by atoms with E-state index in [-0.39, 0.29) is 11.2 Å². The van der Waals surface area contributed by atoms with Crippen molar-refractivity contribution in [2.45, 2.75) is 16.2 Å². The van der Waals surface area contributed by atoms with Gasteiger partial charge in [0.25, 0.3) is 5.91 Å². The molecule has 0 bridgehead atoms. The Labute approximate surface area is 154 Å². The molecule has 1 aliphatic rings. The van der Waals surface area contributed by atoms with Crippen LogP contribution < -0.4 is 10.1 Å². The number of hydrogen-bond acceptors (Lipinski definition) is 4. The van der Waals surface area contributed by atoms with E-state index in [0.717, 1.165) is 16.2 Å². The van der Waals surface area contributed by atoms with Crippen LogP contribution in [0.1, 0.15) is 10.8 Å². The third kappa shape index (κ3) is 3.22. The number of methoxy groups -OCH3 is 2. The maximum Gasteiger partial charge on any atom is 0.255 e. The first-order chi connectivity index (χ1) is 11.5. The highest BCUT2D eigenvalue weighted by Gasteiger charge is 2.36. The Bertz CT molecular complexity index is 767. The number of halogens is 2. The van der Waals surface area contributed by atoms with E-state index < -0.39 is 6.10 Å². The van der Waals surface area contributed by atoms with Crippen LogP contribution in [0, 0.1) is 0 Å². The molecule has 0 fully saturated rings. The summed E-state index contributed by atoms with van der Waals surface area (Å²) in [5.41, 5.74) is 1.46. The average molecular weight is 384 g/mol. The molecule has 0 radical (unpaired) electrons. The molecule has 1 N–H and O–H groups in total. The molecule has 1 aliphatic heterocycles. The van der Waals surface area contributed by atoms with Gasteiger partial charge in [0.1, 0.15) is 5.75 Å². The molecule has 4 nitrogen and oxygen atoms in total. The van der Waals surface area contributed by atoms with Crippen molar-refractivity contribution in [1.29, 1.82) is 0 Å². The highest BCUT2D eigenvalue weighted by molar-refractivity contribution is 8.00. The van der Waals surface area contributed by atoms with Crippen LogP contribution in [0.5, 0.6) is 5.75 Å². The number of rotatable bonds is 3. The zero-order valence-corrected chi connectivity index (χ0v) is 15.3. The second kappa shape index (κ2) is 7.23. The number of amides is 1. The Kier molecular flexibility index (Phi) is 5.25. The van der Waals surface area contributed by atoms with E-state index >= 15 is 0 Å². The molecular weight excluding hydrogens is 369 g/mol. The van der Waals surface area contributed by atoms with E-state index in [1.807, 2.05) is 24.3 Å².